The van der Waals surface area contributed by atoms with Gasteiger partial charge in [-0.3, -0.25) is 4.79 Å². The van der Waals surface area contributed by atoms with Crippen LogP contribution in [-0.2, 0) is 20.0 Å². The number of hydrogen-bond acceptors (Lipinski definition) is 4. The predicted molar refractivity (Wildman–Crippen MR) is 109 cm³/mol. The van der Waals surface area contributed by atoms with Crippen LogP contribution >= 0.6 is 11.3 Å². The molecule has 1 heterocycles. The minimum Gasteiger partial charge on any atom is -0.293 e. The molecule has 1 atom stereocenters. The maximum atomic E-state index is 13.2. The third-order valence-electron chi connectivity index (χ3n) is 5.08. The smallest absolute Gasteiger partial charge is 0.179 e. The van der Waals surface area contributed by atoms with Gasteiger partial charge in [0.1, 0.15) is 0 Å². The molecular weight excluding hydrogens is 376 g/mol. The van der Waals surface area contributed by atoms with Gasteiger partial charge >= 0.3 is 0 Å². The first-order valence-corrected chi connectivity index (χ1v) is 11.3. The van der Waals surface area contributed by atoms with Crippen LogP contribution in [0.5, 0.6) is 0 Å². The number of carbonyl (C=O) groups excluding carboxylic acids is 1. The molecule has 3 aromatic rings. The average Bonchev–Trinajstić information content (AvgIpc) is 3.20. The molecule has 2 aromatic carbocycles. The van der Waals surface area contributed by atoms with Gasteiger partial charge in [-0.1, -0.05) is 48.5 Å². The first-order chi connectivity index (χ1) is 12.8. The molecule has 1 aliphatic carbocycles. The van der Waals surface area contributed by atoms with Crippen LogP contribution in [0.4, 0.5) is 0 Å². The van der Waals surface area contributed by atoms with Crippen molar-refractivity contribution in [3.63, 3.8) is 0 Å². The lowest BCUT2D eigenvalue weighted by molar-refractivity contribution is -0.117. The summed E-state index contributed by atoms with van der Waals surface area (Å²) < 4.78 is 23.6. The highest BCUT2D eigenvalue weighted by molar-refractivity contribution is 7.90. The fraction of sp³-hybridized carbons (Fsp3) is 0.136. The van der Waals surface area contributed by atoms with E-state index in [0.717, 1.165) is 21.6 Å². The summed E-state index contributed by atoms with van der Waals surface area (Å²) in [6, 6.07) is 20.4. The number of rotatable bonds is 4. The van der Waals surface area contributed by atoms with E-state index in [2.05, 4.69) is 0 Å². The molecule has 136 valence electrons. The van der Waals surface area contributed by atoms with Gasteiger partial charge in [-0.25, -0.2) is 8.42 Å². The maximum absolute atomic E-state index is 13.2. The monoisotopic (exact) mass is 394 g/mol. The van der Waals surface area contributed by atoms with Gasteiger partial charge in [0.05, 0.1) is 10.3 Å². The molecule has 0 aliphatic heterocycles. The van der Waals surface area contributed by atoms with Crippen LogP contribution < -0.4 is 0 Å². The van der Waals surface area contributed by atoms with Gasteiger partial charge in [-0.05, 0) is 47.2 Å². The molecule has 1 aliphatic rings. The molecule has 27 heavy (non-hydrogen) atoms. The number of ketones is 1. The number of sulfone groups is 1. The second-order valence-corrected chi connectivity index (χ2v) is 9.81. The standard InChI is InChI=1S/C22H18O3S2/c1-22(18-9-6-14-26-18)20(16-10-12-17(13-11-16)27(2,24)25)19(21(22)23)15-7-4-3-5-8-15/h3-14H,1-2H3. The van der Waals surface area contributed by atoms with Crippen LogP contribution in [0.3, 0.4) is 0 Å². The van der Waals surface area contributed by atoms with E-state index >= 15 is 0 Å². The summed E-state index contributed by atoms with van der Waals surface area (Å²) in [5, 5.41) is 1.97. The molecule has 5 heteroatoms. The molecular formula is C22H18O3S2. The zero-order valence-corrected chi connectivity index (χ0v) is 16.6. The molecule has 0 saturated carbocycles. The van der Waals surface area contributed by atoms with Crippen LogP contribution in [0, 0.1) is 0 Å². The van der Waals surface area contributed by atoms with Crippen molar-refractivity contribution in [2.24, 2.45) is 0 Å². The Labute approximate surface area is 162 Å². The average molecular weight is 395 g/mol. The fourth-order valence-electron chi connectivity index (χ4n) is 3.64. The van der Waals surface area contributed by atoms with E-state index in [1.807, 2.05) is 54.8 Å². The van der Waals surface area contributed by atoms with E-state index in [4.69, 9.17) is 0 Å². The number of Topliss-reactive ketones (excluding diaryl/α,β-unsaturated/α-hetero) is 1. The summed E-state index contributed by atoms with van der Waals surface area (Å²) in [6.07, 6.45) is 1.19. The Morgan fingerprint density at radius 2 is 1.52 bits per heavy atom. The van der Waals surface area contributed by atoms with Gasteiger partial charge in [-0.2, -0.15) is 0 Å². The maximum Gasteiger partial charge on any atom is 0.179 e. The minimum absolute atomic E-state index is 0.0957. The number of benzene rings is 2. The normalized spacial score (nSPS) is 19.9. The Balaban J connectivity index is 1.93. The third-order valence-corrected chi connectivity index (χ3v) is 7.30. The van der Waals surface area contributed by atoms with Crippen molar-refractivity contribution in [2.75, 3.05) is 6.26 Å². The van der Waals surface area contributed by atoms with Crippen molar-refractivity contribution >= 4 is 38.1 Å². The number of carbonyl (C=O) groups is 1. The third kappa shape index (κ3) is 2.78. The van der Waals surface area contributed by atoms with Crippen LogP contribution in [0.15, 0.2) is 77.0 Å². The fourth-order valence-corrected chi connectivity index (χ4v) is 5.17. The highest BCUT2D eigenvalue weighted by Gasteiger charge is 2.52. The van der Waals surface area contributed by atoms with Crippen LogP contribution in [-0.4, -0.2) is 20.5 Å². The van der Waals surface area contributed by atoms with Crippen molar-refractivity contribution in [3.8, 4) is 0 Å². The Hall–Kier alpha value is -2.50. The highest BCUT2D eigenvalue weighted by atomic mass is 32.2. The lowest BCUT2D eigenvalue weighted by atomic mass is 9.59. The summed E-state index contributed by atoms with van der Waals surface area (Å²) >= 11 is 1.56. The van der Waals surface area contributed by atoms with Gasteiger partial charge in [-0.15, -0.1) is 11.3 Å². The molecule has 0 fully saturated rings. The minimum atomic E-state index is -3.26. The lowest BCUT2D eigenvalue weighted by Crippen LogP contribution is -2.43. The van der Waals surface area contributed by atoms with Crippen molar-refractivity contribution in [2.45, 2.75) is 17.2 Å². The van der Waals surface area contributed by atoms with Crippen molar-refractivity contribution in [1.82, 2.24) is 0 Å². The summed E-state index contributed by atoms with van der Waals surface area (Å²) in [6.45, 7) is 1.95. The first kappa shape index (κ1) is 17.9. The molecule has 0 bridgehead atoms. The van der Waals surface area contributed by atoms with E-state index in [1.165, 1.54) is 6.26 Å². The Morgan fingerprint density at radius 3 is 2.07 bits per heavy atom. The van der Waals surface area contributed by atoms with Gasteiger partial charge < -0.3 is 0 Å². The Bertz CT molecular complexity index is 1140. The second-order valence-electron chi connectivity index (χ2n) is 6.84. The molecule has 0 spiro atoms. The molecule has 1 unspecified atom stereocenters. The van der Waals surface area contributed by atoms with E-state index in [9.17, 15) is 13.2 Å². The topological polar surface area (TPSA) is 51.2 Å². The number of thiophene rings is 1. The van der Waals surface area contributed by atoms with Gasteiger partial charge in [0, 0.05) is 16.7 Å². The van der Waals surface area contributed by atoms with Gasteiger partial charge in [0.25, 0.3) is 0 Å². The molecule has 0 amide bonds. The van der Waals surface area contributed by atoms with Crippen LogP contribution in [0.1, 0.15) is 22.9 Å². The van der Waals surface area contributed by atoms with Crippen LogP contribution in [0.2, 0.25) is 0 Å². The second kappa shape index (κ2) is 6.29. The molecule has 0 N–H and O–H groups in total. The molecule has 0 radical (unpaired) electrons. The van der Waals surface area contributed by atoms with Gasteiger partial charge in [0.15, 0.2) is 15.6 Å². The van der Waals surface area contributed by atoms with E-state index in [-0.39, 0.29) is 10.7 Å². The molecule has 4 rings (SSSR count). The first-order valence-electron chi connectivity index (χ1n) is 8.53. The zero-order chi connectivity index (χ0) is 19.2. The van der Waals surface area contributed by atoms with Crippen LogP contribution in [0.25, 0.3) is 11.1 Å². The summed E-state index contributed by atoms with van der Waals surface area (Å²) in [7, 11) is -3.26. The number of allylic oxidation sites excluding steroid dienone is 2. The van der Waals surface area contributed by atoms with Crippen molar-refractivity contribution in [3.05, 3.63) is 88.1 Å². The van der Waals surface area contributed by atoms with Crippen molar-refractivity contribution < 1.29 is 13.2 Å². The Morgan fingerprint density at radius 1 is 0.852 bits per heavy atom. The summed E-state index contributed by atoms with van der Waals surface area (Å²) in [5.41, 5.74) is 2.70. The number of hydrogen-bond donors (Lipinski definition) is 0. The SMILES string of the molecule is CC1(c2cccs2)C(=O)C(c2ccccc2)=C1c1ccc(S(C)(=O)=O)cc1. The predicted octanol–water partition coefficient (Wildman–Crippen LogP) is 4.60. The summed E-state index contributed by atoms with van der Waals surface area (Å²) in [4.78, 5) is 14.5. The summed E-state index contributed by atoms with van der Waals surface area (Å²) in [5.74, 6) is 0.0957. The molecule has 3 nitrogen and oxygen atoms in total. The van der Waals surface area contributed by atoms with Crippen molar-refractivity contribution in [1.29, 1.82) is 0 Å². The quantitative estimate of drug-likeness (QED) is 0.650. The lowest BCUT2D eigenvalue weighted by Gasteiger charge is -2.41. The molecule has 0 saturated heterocycles. The zero-order valence-electron chi connectivity index (χ0n) is 15.0. The molecule has 1 aromatic heterocycles. The largest absolute Gasteiger partial charge is 0.293 e. The van der Waals surface area contributed by atoms with E-state index < -0.39 is 15.3 Å². The highest BCUT2D eigenvalue weighted by Crippen LogP contribution is 2.55. The van der Waals surface area contributed by atoms with E-state index in [0.29, 0.717) is 5.57 Å². The Kier molecular flexibility index (Phi) is 4.17. The van der Waals surface area contributed by atoms with E-state index in [1.54, 1.807) is 35.6 Å². The van der Waals surface area contributed by atoms with Gasteiger partial charge in [0.2, 0.25) is 0 Å².